The summed E-state index contributed by atoms with van der Waals surface area (Å²) in [6.45, 7) is 4.00. The topological polar surface area (TPSA) is 181 Å². The van der Waals surface area contributed by atoms with Gasteiger partial charge in [0.1, 0.15) is 30.0 Å². The number of carbonyl (C=O) groups excluding carboxylic acids is 5. The maximum Gasteiger partial charge on any atom is 0.303 e. The molecule has 0 aliphatic carbocycles. The van der Waals surface area contributed by atoms with E-state index in [-0.39, 0.29) is 23.5 Å². The van der Waals surface area contributed by atoms with Gasteiger partial charge in [-0.1, -0.05) is 12.1 Å². The summed E-state index contributed by atoms with van der Waals surface area (Å²) in [4.78, 5) is 60.0. The fraction of sp³-hybridized carbons (Fsp3) is 0.393. The molecule has 0 bridgehead atoms. The minimum Gasteiger partial charge on any atom is -0.508 e. The molecule has 0 saturated carbocycles. The Bertz CT molecular complexity index is 1290. The van der Waals surface area contributed by atoms with Gasteiger partial charge >= 0.3 is 23.9 Å². The standard InChI is InChI=1S/C28H30O13/c1-14(29)36-13-24-25(37-15(2)30)26(38-16(3)31)27(39-17(4)32)28(41-24)40-20-9-10-21(23(35)12-20)22(34)11-18-5-7-19(33)8-6-18/h5-10,12,24-28,33,35H,11,13H2,1-4H3/t24-,25+,26-,27+,28-/m0/s1. The number of phenols is 2. The zero-order valence-electron chi connectivity index (χ0n) is 22.7. The van der Waals surface area contributed by atoms with Crippen LogP contribution in [-0.4, -0.2) is 77.2 Å². The van der Waals surface area contributed by atoms with E-state index in [4.69, 9.17) is 28.4 Å². The Hall–Kier alpha value is -4.65. The largest absolute Gasteiger partial charge is 0.508 e. The number of hydrogen-bond acceptors (Lipinski definition) is 13. The molecule has 41 heavy (non-hydrogen) atoms. The van der Waals surface area contributed by atoms with E-state index in [1.165, 1.54) is 24.3 Å². The highest BCUT2D eigenvalue weighted by Crippen LogP contribution is 2.33. The maximum atomic E-state index is 12.8. The van der Waals surface area contributed by atoms with Gasteiger partial charge in [-0.3, -0.25) is 24.0 Å². The van der Waals surface area contributed by atoms with Crippen molar-refractivity contribution in [2.75, 3.05) is 6.61 Å². The molecule has 1 aliphatic rings. The van der Waals surface area contributed by atoms with E-state index in [2.05, 4.69) is 0 Å². The summed E-state index contributed by atoms with van der Waals surface area (Å²) in [6, 6.07) is 9.84. The average molecular weight is 575 g/mol. The fourth-order valence-corrected chi connectivity index (χ4v) is 4.13. The van der Waals surface area contributed by atoms with Gasteiger partial charge in [-0.25, -0.2) is 0 Å². The van der Waals surface area contributed by atoms with Crippen LogP contribution < -0.4 is 4.74 Å². The third kappa shape index (κ3) is 8.67. The minimum atomic E-state index is -1.51. The van der Waals surface area contributed by atoms with Gasteiger partial charge in [-0.2, -0.15) is 0 Å². The number of phenolic OH excluding ortho intramolecular Hbond substituents is 2. The summed E-state index contributed by atoms with van der Waals surface area (Å²) in [5.41, 5.74) is 0.608. The number of benzene rings is 2. The molecule has 0 spiro atoms. The van der Waals surface area contributed by atoms with Gasteiger partial charge in [0.2, 0.25) is 12.4 Å². The van der Waals surface area contributed by atoms with Gasteiger partial charge in [-0.05, 0) is 29.8 Å². The van der Waals surface area contributed by atoms with E-state index in [1.54, 1.807) is 12.1 Å². The van der Waals surface area contributed by atoms with Crippen molar-refractivity contribution in [1.29, 1.82) is 0 Å². The maximum absolute atomic E-state index is 12.8. The lowest BCUT2D eigenvalue weighted by Gasteiger charge is -2.43. The molecule has 0 aromatic heterocycles. The number of rotatable bonds is 10. The Kier molecular flexibility index (Phi) is 10.3. The number of ether oxygens (including phenoxy) is 6. The predicted octanol–water partition coefficient (Wildman–Crippen LogP) is 1.99. The quantitative estimate of drug-likeness (QED) is 0.239. The molecule has 1 fully saturated rings. The molecule has 13 heteroatoms. The van der Waals surface area contributed by atoms with Crippen LogP contribution in [0.4, 0.5) is 0 Å². The first-order valence-corrected chi connectivity index (χ1v) is 12.4. The molecule has 0 unspecified atom stereocenters. The Labute approximate surface area is 234 Å². The van der Waals surface area contributed by atoms with Crippen LogP contribution >= 0.6 is 0 Å². The molecule has 1 saturated heterocycles. The first kappa shape index (κ1) is 30.9. The smallest absolute Gasteiger partial charge is 0.303 e. The van der Waals surface area contributed by atoms with Crippen LogP contribution in [0.15, 0.2) is 42.5 Å². The van der Waals surface area contributed by atoms with E-state index in [1.807, 2.05) is 0 Å². The minimum absolute atomic E-state index is 0.00744. The summed E-state index contributed by atoms with van der Waals surface area (Å²) >= 11 is 0. The molecule has 0 radical (unpaired) electrons. The summed E-state index contributed by atoms with van der Waals surface area (Å²) in [5.74, 6) is -3.85. The van der Waals surface area contributed by atoms with Crippen molar-refractivity contribution < 1.29 is 62.6 Å². The molecule has 220 valence electrons. The van der Waals surface area contributed by atoms with E-state index >= 15 is 0 Å². The monoisotopic (exact) mass is 574 g/mol. The van der Waals surface area contributed by atoms with E-state index in [9.17, 15) is 34.2 Å². The highest BCUT2D eigenvalue weighted by Gasteiger charge is 2.53. The third-order valence-electron chi connectivity index (χ3n) is 5.77. The molecule has 13 nitrogen and oxygen atoms in total. The van der Waals surface area contributed by atoms with E-state index < -0.39 is 72.7 Å². The average Bonchev–Trinajstić information content (AvgIpc) is 2.87. The van der Waals surface area contributed by atoms with Crippen molar-refractivity contribution in [3.05, 3.63) is 53.6 Å². The molecule has 2 aromatic carbocycles. The van der Waals surface area contributed by atoms with Crippen LogP contribution in [0.5, 0.6) is 17.2 Å². The molecule has 3 rings (SSSR count). The van der Waals surface area contributed by atoms with Gasteiger partial charge in [0.05, 0.1) is 5.56 Å². The van der Waals surface area contributed by atoms with E-state index in [0.717, 1.165) is 33.8 Å². The number of hydrogen-bond donors (Lipinski definition) is 2. The molecule has 1 aliphatic heterocycles. The lowest BCUT2D eigenvalue weighted by atomic mass is 9.98. The van der Waals surface area contributed by atoms with Gasteiger partial charge in [0.25, 0.3) is 0 Å². The fourth-order valence-electron chi connectivity index (χ4n) is 4.13. The summed E-state index contributed by atoms with van der Waals surface area (Å²) < 4.78 is 32.8. The zero-order chi connectivity index (χ0) is 30.3. The second kappa shape index (κ2) is 13.6. The Morgan fingerprint density at radius 3 is 1.90 bits per heavy atom. The molecule has 0 amide bonds. The van der Waals surface area contributed by atoms with Crippen molar-refractivity contribution in [2.45, 2.75) is 64.8 Å². The summed E-state index contributed by atoms with van der Waals surface area (Å²) in [7, 11) is 0. The number of carbonyl (C=O) groups is 5. The Balaban J connectivity index is 1.90. The van der Waals surface area contributed by atoms with Gasteiger partial charge in [-0.15, -0.1) is 0 Å². The van der Waals surface area contributed by atoms with Crippen molar-refractivity contribution in [3.63, 3.8) is 0 Å². The molecule has 2 N–H and O–H groups in total. The SMILES string of the molecule is CC(=O)OC[C@@H]1O[C@H](Oc2ccc(C(=O)Cc3ccc(O)cc3)c(O)c2)[C@H](OC(C)=O)[C@@H](OC(C)=O)[C@@H]1OC(C)=O. The Morgan fingerprint density at radius 2 is 1.34 bits per heavy atom. The number of aromatic hydroxyl groups is 2. The first-order valence-electron chi connectivity index (χ1n) is 12.4. The van der Waals surface area contributed by atoms with Crippen LogP contribution in [0.25, 0.3) is 0 Å². The van der Waals surface area contributed by atoms with Crippen molar-refractivity contribution >= 4 is 29.7 Å². The van der Waals surface area contributed by atoms with Crippen LogP contribution in [0.1, 0.15) is 43.6 Å². The molecular formula is C28H30O13. The van der Waals surface area contributed by atoms with Crippen LogP contribution in [0.3, 0.4) is 0 Å². The van der Waals surface area contributed by atoms with Crippen molar-refractivity contribution in [3.8, 4) is 17.2 Å². The van der Waals surface area contributed by atoms with Crippen LogP contribution in [-0.2, 0) is 49.3 Å². The highest BCUT2D eigenvalue weighted by atomic mass is 16.7. The van der Waals surface area contributed by atoms with E-state index in [0.29, 0.717) is 5.56 Å². The van der Waals surface area contributed by atoms with Gasteiger partial charge in [0, 0.05) is 40.2 Å². The number of ketones is 1. The highest BCUT2D eigenvalue weighted by molar-refractivity contribution is 6.00. The first-order chi connectivity index (χ1) is 19.3. The second-order valence-electron chi connectivity index (χ2n) is 9.13. The molecule has 2 aromatic rings. The van der Waals surface area contributed by atoms with Crippen LogP contribution in [0, 0.1) is 0 Å². The molecule has 5 atom stereocenters. The molecule has 1 heterocycles. The van der Waals surface area contributed by atoms with Crippen LogP contribution in [0.2, 0.25) is 0 Å². The van der Waals surface area contributed by atoms with Gasteiger partial charge in [0.15, 0.2) is 18.0 Å². The summed E-state index contributed by atoms with van der Waals surface area (Å²) in [6.07, 6.45) is -7.02. The lowest BCUT2D eigenvalue weighted by molar-refractivity contribution is -0.288. The Morgan fingerprint density at radius 1 is 0.756 bits per heavy atom. The number of esters is 4. The molecular weight excluding hydrogens is 544 g/mol. The normalized spacial score (nSPS) is 21.7. The second-order valence-corrected chi connectivity index (χ2v) is 9.13. The van der Waals surface area contributed by atoms with Gasteiger partial charge < -0.3 is 38.6 Å². The number of Topliss-reactive ketones (excluding diaryl/α,β-unsaturated/α-hetero) is 1. The lowest BCUT2D eigenvalue weighted by Crippen LogP contribution is -2.63. The summed E-state index contributed by atoms with van der Waals surface area (Å²) in [5, 5.41) is 20.0. The van der Waals surface area contributed by atoms with Crippen molar-refractivity contribution in [2.24, 2.45) is 0 Å². The predicted molar refractivity (Wildman–Crippen MR) is 137 cm³/mol. The third-order valence-corrected chi connectivity index (χ3v) is 5.77. The zero-order valence-corrected chi connectivity index (χ0v) is 22.7. The van der Waals surface area contributed by atoms with Crippen molar-refractivity contribution in [1.82, 2.24) is 0 Å².